The summed E-state index contributed by atoms with van der Waals surface area (Å²) >= 11 is 0. The molecule has 13 heavy (non-hydrogen) atoms. The number of aromatic nitrogens is 2. The number of rotatable bonds is 2. The zero-order valence-corrected chi connectivity index (χ0v) is 7.86. The molecule has 1 atom stereocenters. The van der Waals surface area contributed by atoms with Crippen molar-refractivity contribution in [2.24, 2.45) is 0 Å². The van der Waals surface area contributed by atoms with E-state index in [1.165, 1.54) is 12.8 Å². The highest BCUT2D eigenvalue weighted by atomic mass is 16.5. The molecule has 1 unspecified atom stereocenters. The van der Waals surface area contributed by atoms with Crippen molar-refractivity contribution in [1.82, 2.24) is 10.1 Å². The van der Waals surface area contributed by atoms with Crippen LogP contribution in [0.15, 0.2) is 16.7 Å². The van der Waals surface area contributed by atoms with E-state index in [9.17, 15) is 0 Å². The standard InChI is InChI=1S/C10H14N2O/c1-2-9-11-10(13-12-9)8-6-4-3-5-7-8/h4,6,8H,2-3,5,7H2,1H3. The highest BCUT2D eigenvalue weighted by molar-refractivity contribution is 5.07. The van der Waals surface area contributed by atoms with Crippen LogP contribution in [0.3, 0.4) is 0 Å². The minimum absolute atomic E-state index is 0.363. The van der Waals surface area contributed by atoms with Crippen molar-refractivity contribution in [3.63, 3.8) is 0 Å². The maximum atomic E-state index is 5.18. The van der Waals surface area contributed by atoms with Crippen molar-refractivity contribution in [1.29, 1.82) is 0 Å². The molecule has 0 fully saturated rings. The third-order valence-corrected chi connectivity index (χ3v) is 2.37. The average Bonchev–Trinajstić information content (AvgIpc) is 2.67. The van der Waals surface area contributed by atoms with Gasteiger partial charge in [-0.3, -0.25) is 0 Å². The maximum absolute atomic E-state index is 5.18. The van der Waals surface area contributed by atoms with Crippen molar-refractivity contribution in [2.45, 2.75) is 38.5 Å². The molecule has 1 heterocycles. The second-order valence-electron chi connectivity index (χ2n) is 3.37. The quantitative estimate of drug-likeness (QED) is 0.653. The molecule has 0 aromatic carbocycles. The first kappa shape index (κ1) is 8.48. The lowest BCUT2D eigenvalue weighted by Crippen LogP contribution is -1.99. The molecule has 1 aromatic rings. The van der Waals surface area contributed by atoms with Crippen molar-refractivity contribution < 1.29 is 4.52 Å². The number of allylic oxidation sites excluding steroid dienone is 2. The second-order valence-corrected chi connectivity index (χ2v) is 3.37. The van der Waals surface area contributed by atoms with Gasteiger partial charge in [-0.25, -0.2) is 0 Å². The van der Waals surface area contributed by atoms with E-state index in [0.29, 0.717) is 5.92 Å². The van der Waals surface area contributed by atoms with Crippen LogP contribution in [-0.2, 0) is 6.42 Å². The molecule has 70 valence electrons. The lowest BCUT2D eigenvalue weighted by molar-refractivity contribution is 0.355. The van der Waals surface area contributed by atoms with Crippen LogP contribution < -0.4 is 0 Å². The van der Waals surface area contributed by atoms with Crippen molar-refractivity contribution in [2.75, 3.05) is 0 Å². The number of hydrogen-bond acceptors (Lipinski definition) is 3. The monoisotopic (exact) mass is 178 g/mol. The molecule has 1 aliphatic carbocycles. The fraction of sp³-hybridized carbons (Fsp3) is 0.600. The summed E-state index contributed by atoms with van der Waals surface area (Å²) in [5.74, 6) is 1.96. The van der Waals surface area contributed by atoms with Gasteiger partial charge in [0.25, 0.3) is 0 Å². The molecule has 0 aliphatic heterocycles. The van der Waals surface area contributed by atoms with Gasteiger partial charge in [0.15, 0.2) is 5.82 Å². The fourth-order valence-corrected chi connectivity index (χ4v) is 1.58. The van der Waals surface area contributed by atoms with Crippen LogP contribution in [-0.4, -0.2) is 10.1 Å². The summed E-state index contributed by atoms with van der Waals surface area (Å²) in [4.78, 5) is 4.32. The van der Waals surface area contributed by atoms with Gasteiger partial charge < -0.3 is 4.52 Å². The first-order valence-corrected chi connectivity index (χ1v) is 4.89. The zero-order chi connectivity index (χ0) is 9.10. The third kappa shape index (κ3) is 1.79. The minimum atomic E-state index is 0.363. The Kier molecular flexibility index (Phi) is 2.43. The molecular weight excluding hydrogens is 164 g/mol. The average molecular weight is 178 g/mol. The first-order valence-electron chi connectivity index (χ1n) is 4.89. The Hall–Kier alpha value is -1.12. The van der Waals surface area contributed by atoms with Gasteiger partial charge in [0.05, 0.1) is 5.92 Å². The van der Waals surface area contributed by atoms with Crippen molar-refractivity contribution in [3.8, 4) is 0 Å². The highest BCUT2D eigenvalue weighted by Crippen LogP contribution is 2.26. The lowest BCUT2D eigenvalue weighted by Gasteiger charge is -2.10. The van der Waals surface area contributed by atoms with Crippen LogP contribution in [0.1, 0.15) is 43.8 Å². The molecule has 3 nitrogen and oxygen atoms in total. The third-order valence-electron chi connectivity index (χ3n) is 2.37. The van der Waals surface area contributed by atoms with Gasteiger partial charge in [0, 0.05) is 6.42 Å². The van der Waals surface area contributed by atoms with E-state index in [1.54, 1.807) is 0 Å². The highest BCUT2D eigenvalue weighted by Gasteiger charge is 2.17. The van der Waals surface area contributed by atoms with Crippen LogP contribution in [0, 0.1) is 0 Å². The van der Waals surface area contributed by atoms with Crippen LogP contribution >= 0.6 is 0 Å². The zero-order valence-electron chi connectivity index (χ0n) is 7.86. The largest absolute Gasteiger partial charge is 0.339 e. The van der Waals surface area contributed by atoms with E-state index >= 15 is 0 Å². The van der Waals surface area contributed by atoms with E-state index in [0.717, 1.165) is 24.6 Å². The summed E-state index contributed by atoms with van der Waals surface area (Å²) in [7, 11) is 0. The Morgan fingerprint density at radius 1 is 1.62 bits per heavy atom. The number of aryl methyl sites for hydroxylation is 1. The van der Waals surface area contributed by atoms with Gasteiger partial charge >= 0.3 is 0 Å². The Morgan fingerprint density at radius 2 is 2.54 bits per heavy atom. The summed E-state index contributed by atoms with van der Waals surface area (Å²) in [5, 5.41) is 3.89. The van der Waals surface area contributed by atoms with Crippen LogP contribution in [0.4, 0.5) is 0 Å². The van der Waals surface area contributed by atoms with Gasteiger partial charge in [-0.15, -0.1) is 0 Å². The van der Waals surface area contributed by atoms with E-state index in [4.69, 9.17) is 4.52 Å². The number of hydrogen-bond donors (Lipinski definition) is 0. The summed E-state index contributed by atoms with van der Waals surface area (Å²) < 4.78 is 5.18. The first-order chi connectivity index (χ1) is 6.40. The summed E-state index contributed by atoms with van der Waals surface area (Å²) in [6.07, 6.45) is 8.78. The Bertz CT molecular complexity index is 304. The molecule has 0 saturated heterocycles. The molecule has 0 bridgehead atoms. The molecule has 0 amide bonds. The minimum Gasteiger partial charge on any atom is -0.339 e. The Balaban J connectivity index is 2.14. The van der Waals surface area contributed by atoms with E-state index < -0.39 is 0 Å². The fourth-order valence-electron chi connectivity index (χ4n) is 1.58. The van der Waals surface area contributed by atoms with E-state index in [2.05, 4.69) is 22.3 Å². The van der Waals surface area contributed by atoms with E-state index in [1.807, 2.05) is 6.92 Å². The van der Waals surface area contributed by atoms with Gasteiger partial charge in [-0.05, 0) is 19.3 Å². The molecule has 0 N–H and O–H groups in total. The van der Waals surface area contributed by atoms with Crippen molar-refractivity contribution in [3.05, 3.63) is 23.9 Å². The molecule has 2 rings (SSSR count). The second kappa shape index (κ2) is 3.73. The Morgan fingerprint density at radius 3 is 3.15 bits per heavy atom. The normalized spacial score (nSPS) is 22.1. The Labute approximate surface area is 77.8 Å². The van der Waals surface area contributed by atoms with Gasteiger partial charge in [0.2, 0.25) is 5.89 Å². The predicted octanol–water partition coefficient (Wildman–Crippen LogP) is 2.46. The summed E-state index contributed by atoms with van der Waals surface area (Å²) in [6, 6.07) is 0. The molecule has 0 saturated carbocycles. The van der Waals surface area contributed by atoms with Gasteiger partial charge in [0.1, 0.15) is 0 Å². The van der Waals surface area contributed by atoms with Gasteiger partial charge in [-0.2, -0.15) is 4.98 Å². The molecule has 0 radical (unpaired) electrons. The van der Waals surface area contributed by atoms with Crippen LogP contribution in [0.5, 0.6) is 0 Å². The topological polar surface area (TPSA) is 38.9 Å². The number of nitrogens with zero attached hydrogens (tertiary/aromatic N) is 2. The molecule has 3 heteroatoms. The maximum Gasteiger partial charge on any atom is 0.233 e. The summed E-state index contributed by atoms with van der Waals surface area (Å²) in [5.41, 5.74) is 0. The van der Waals surface area contributed by atoms with Crippen LogP contribution in [0.25, 0.3) is 0 Å². The smallest absolute Gasteiger partial charge is 0.233 e. The van der Waals surface area contributed by atoms with Crippen LogP contribution in [0.2, 0.25) is 0 Å². The van der Waals surface area contributed by atoms with Crippen molar-refractivity contribution >= 4 is 0 Å². The SMILES string of the molecule is CCc1noc(C2C=CCCC2)n1. The molecule has 0 spiro atoms. The van der Waals surface area contributed by atoms with E-state index in [-0.39, 0.29) is 0 Å². The van der Waals surface area contributed by atoms with Gasteiger partial charge in [-0.1, -0.05) is 24.2 Å². The lowest BCUT2D eigenvalue weighted by atomic mass is 9.96. The predicted molar refractivity (Wildman–Crippen MR) is 49.4 cm³/mol. The summed E-state index contributed by atoms with van der Waals surface area (Å²) in [6.45, 7) is 2.03. The molecule has 1 aromatic heterocycles. The molecule has 1 aliphatic rings. The molecular formula is C10H14N2O.